The van der Waals surface area contributed by atoms with Gasteiger partial charge in [-0.25, -0.2) is 0 Å². The van der Waals surface area contributed by atoms with Crippen molar-refractivity contribution in [2.75, 3.05) is 0 Å². The number of ketones is 1. The molecule has 0 N–H and O–H groups in total. The Hall–Kier alpha value is -1.11. The van der Waals surface area contributed by atoms with E-state index in [2.05, 4.69) is 19.9 Å². The van der Waals surface area contributed by atoms with Crippen molar-refractivity contribution in [3.63, 3.8) is 0 Å². The number of carbonyl (C=O) groups is 1. The quantitative estimate of drug-likeness (QED) is 0.638. The van der Waals surface area contributed by atoms with Gasteiger partial charge in [-0.1, -0.05) is 6.07 Å². The second-order valence-corrected chi connectivity index (χ2v) is 4.59. The first kappa shape index (κ1) is 10.4. The number of hydrogen-bond acceptors (Lipinski definition) is 1. The van der Waals surface area contributed by atoms with E-state index in [1.54, 1.807) is 6.92 Å². The van der Waals surface area contributed by atoms with Gasteiger partial charge in [-0.2, -0.15) is 0 Å². The van der Waals surface area contributed by atoms with Gasteiger partial charge in [-0.3, -0.25) is 4.79 Å². The fraction of sp³-hybridized carbons (Fsp3) is 0.500. The zero-order chi connectivity index (χ0) is 11.0. The summed E-state index contributed by atoms with van der Waals surface area (Å²) in [5, 5.41) is 0. The van der Waals surface area contributed by atoms with Crippen molar-refractivity contribution in [3.8, 4) is 0 Å². The maximum absolute atomic E-state index is 11.7. The first-order valence-electron chi connectivity index (χ1n) is 5.74. The second-order valence-electron chi connectivity index (χ2n) is 4.59. The van der Waals surface area contributed by atoms with Gasteiger partial charge in [0.1, 0.15) is 0 Å². The van der Waals surface area contributed by atoms with Crippen LogP contribution in [0.1, 0.15) is 52.4 Å². The molecule has 0 atom stereocenters. The molecule has 1 aliphatic carbocycles. The largest absolute Gasteiger partial charge is 0.294 e. The lowest BCUT2D eigenvalue weighted by molar-refractivity contribution is 0.101. The molecule has 1 nitrogen and oxygen atoms in total. The van der Waals surface area contributed by atoms with Crippen LogP contribution in [0, 0.1) is 13.8 Å². The van der Waals surface area contributed by atoms with Crippen LogP contribution >= 0.6 is 0 Å². The van der Waals surface area contributed by atoms with E-state index in [1.807, 2.05) is 0 Å². The van der Waals surface area contributed by atoms with E-state index in [9.17, 15) is 4.79 Å². The van der Waals surface area contributed by atoms with Crippen LogP contribution in [0.25, 0.3) is 0 Å². The summed E-state index contributed by atoms with van der Waals surface area (Å²) in [4.78, 5) is 11.7. The molecule has 1 aromatic rings. The minimum Gasteiger partial charge on any atom is -0.294 e. The minimum atomic E-state index is 0.231. The number of benzene rings is 1. The van der Waals surface area contributed by atoms with Crippen LogP contribution in [0.5, 0.6) is 0 Å². The molecule has 1 heteroatoms. The maximum Gasteiger partial charge on any atom is 0.160 e. The van der Waals surface area contributed by atoms with Crippen LogP contribution in [0.4, 0.5) is 0 Å². The van der Waals surface area contributed by atoms with Gasteiger partial charge in [0.15, 0.2) is 5.78 Å². The monoisotopic (exact) mass is 202 g/mol. The first-order chi connectivity index (χ1) is 7.11. The SMILES string of the molecule is CC(=O)c1c(C)c(C)cc2c1CCCC2. The van der Waals surface area contributed by atoms with Gasteiger partial charge in [0.2, 0.25) is 0 Å². The van der Waals surface area contributed by atoms with Crippen LogP contribution in [0.15, 0.2) is 6.07 Å². The zero-order valence-electron chi connectivity index (χ0n) is 9.81. The van der Waals surface area contributed by atoms with Gasteiger partial charge in [-0.15, -0.1) is 0 Å². The van der Waals surface area contributed by atoms with Crippen LogP contribution < -0.4 is 0 Å². The third kappa shape index (κ3) is 1.71. The minimum absolute atomic E-state index is 0.231. The van der Waals surface area contributed by atoms with E-state index in [0.717, 1.165) is 18.4 Å². The maximum atomic E-state index is 11.7. The smallest absolute Gasteiger partial charge is 0.160 e. The molecule has 2 rings (SSSR count). The summed E-state index contributed by atoms with van der Waals surface area (Å²) in [5.41, 5.74) is 6.19. The Balaban J connectivity index is 2.68. The van der Waals surface area contributed by atoms with Gasteiger partial charge in [-0.05, 0) is 68.7 Å². The van der Waals surface area contributed by atoms with Crippen molar-refractivity contribution in [1.29, 1.82) is 0 Å². The Morgan fingerprint density at radius 3 is 2.53 bits per heavy atom. The Labute approximate surface area is 91.5 Å². The van der Waals surface area contributed by atoms with Gasteiger partial charge in [0.25, 0.3) is 0 Å². The summed E-state index contributed by atoms with van der Waals surface area (Å²) in [6.07, 6.45) is 4.74. The van der Waals surface area contributed by atoms with Crippen LogP contribution in [-0.4, -0.2) is 5.78 Å². The molecule has 0 unspecified atom stereocenters. The molecule has 80 valence electrons. The van der Waals surface area contributed by atoms with Crippen molar-refractivity contribution in [2.24, 2.45) is 0 Å². The molecule has 0 radical (unpaired) electrons. The van der Waals surface area contributed by atoms with Crippen molar-refractivity contribution in [2.45, 2.75) is 46.5 Å². The summed E-state index contributed by atoms with van der Waals surface area (Å²) in [6, 6.07) is 2.27. The van der Waals surface area contributed by atoms with E-state index in [-0.39, 0.29) is 5.78 Å². The third-order valence-electron chi connectivity index (χ3n) is 3.52. The fourth-order valence-corrected chi connectivity index (χ4v) is 2.64. The molecule has 0 fully saturated rings. The highest BCUT2D eigenvalue weighted by Gasteiger charge is 2.18. The molecule has 0 aromatic heterocycles. The summed E-state index contributed by atoms with van der Waals surface area (Å²) in [6.45, 7) is 5.87. The van der Waals surface area contributed by atoms with Gasteiger partial charge in [0, 0.05) is 5.56 Å². The number of carbonyl (C=O) groups excluding carboxylic acids is 1. The number of fused-ring (bicyclic) bond motifs is 1. The molecule has 0 saturated heterocycles. The molecular weight excluding hydrogens is 184 g/mol. The number of Topliss-reactive ketones (excluding diaryl/α,β-unsaturated/α-hetero) is 1. The first-order valence-corrected chi connectivity index (χ1v) is 5.74. The second kappa shape index (κ2) is 3.80. The summed E-state index contributed by atoms with van der Waals surface area (Å²) in [5.74, 6) is 0.231. The molecule has 0 heterocycles. The Bertz CT molecular complexity index is 416. The molecular formula is C14H18O. The topological polar surface area (TPSA) is 17.1 Å². The summed E-state index contributed by atoms with van der Waals surface area (Å²) < 4.78 is 0. The van der Waals surface area contributed by atoms with Crippen LogP contribution in [0.2, 0.25) is 0 Å². The Morgan fingerprint density at radius 1 is 1.20 bits per heavy atom. The molecule has 1 aliphatic rings. The molecule has 0 saturated carbocycles. The van der Waals surface area contributed by atoms with Gasteiger partial charge >= 0.3 is 0 Å². The average molecular weight is 202 g/mol. The summed E-state index contributed by atoms with van der Waals surface area (Å²) in [7, 11) is 0. The van der Waals surface area contributed by atoms with E-state index in [0.29, 0.717) is 0 Å². The third-order valence-corrected chi connectivity index (χ3v) is 3.52. The normalized spacial score (nSPS) is 14.9. The molecule has 0 spiro atoms. The predicted molar refractivity (Wildman–Crippen MR) is 62.6 cm³/mol. The number of rotatable bonds is 1. The Kier molecular flexibility index (Phi) is 2.64. The zero-order valence-corrected chi connectivity index (χ0v) is 9.81. The van der Waals surface area contributed by atoms with Gasteiger partial charge in [0.05, 0.1) is 0 Å². The summed E-state index contributed by atoms with van der Waals surface area (Å²) >= 11 is 0. The Morgan fingerprint density at radius 2 is 1.87 bits per heavy atom. The van der Waals surface area contributed by atoms with Crippen LogP contribution in [-0.2, 0) is 12.8 Å². The highest BCUT2D eigenvalue weighted by Crippen LogP contribution is 2.29. The van der Waals surface area contributed by atoms with E-state index < -0.39 is 0 Å². The standard InChI is InChI=1S/C14H18O/c1-9-8-12-6-4-5-7-13(12)14(10(9)2)11(3)15/h8H,4-7H2,1-3H3. The average Bonchev–Trinajstić information content (AvgIpc) is 2.19. The highest BCUT2D eigenvalue weighted by atomic mass is 16.1. The number of hydrogen-bond donors (Lipinski definition) is 0. The van der Waals surface area contributed by atoms with Crippen molar-refractivity contribution in [1.82, 2.24) is 0 Å². The van der Waals surface area contributed by atoms with Crippen molar-refractivity contribution in [3.05, 3.63) is 33.9 Å². The van der Waals surface area contributed by atoms with E-state index in [4.69, 9.17) is 0 Å². The molecule has 15 heavy (non-hydrogen) atoms. The van der Waals surface area contributed by atoms with E-state index >= 15 is 0 Å². The lowest BCUT2D eigenvalue weighted by Crippen LogP contribution is -2.12. The van der Waals surface area contributed by atoms with E-state index in [1.165, 1.54) is 35.1 Å². The van der Waals surface area contributed by atoms with Crippen molar-refractivity contribution >= 4 is 5.78 Å². The van der Waals surface area contributed by atoms with Gasteiger partial charge < -0.3 is 0 Å². The molecule has 1 aromatic carbocycles. The predicted octanol–water partition coefficient (Wildman–Crippen LogP) is 3.38. The number of aryl methyl sites for hydroxylation is 2. The molecule has 0 amide bonds. The molecule has 0 bridgehead atoms. The fourth-order valence-electron chi connectivity index (χ4n) is 2.64. The van der Waals surface area contributed by atoms with Crippen molar-refractivity contribution < 1.29 is 4.79 Å². The lowest BCUT2D eigenvalue weighted by Gasteiger charge is -2.21. The molecule has 0 aliphatic heterocycles. The van der Waals surface area contributed by atoms with Crippen LogP contribution in [0.3, 0.4) is 0 Å². The highest BCUT2D eigenvalue weighted by molar-refractivity contribution is 5.97. The lowest BCUT2D eigenvalue weighted by atomic mass is 9.83.